The van der Waals surface area contributed by atoms with Crippen LogP contribution >= 0.6 is 11.6 Å². The lowest BCUT2D eigenvalue weighted by Crippen LogP contribution is -2.54. The van der Waals surface area contributed by atoms with E-state index in [1.165, 1.54) is 6.26 Å². The van der Waals surface area contributed by atoms with Gasteiger partial charge >= 0.3 is 6.03 Å². The summed E-state index contributed by atoms with van der Waals surface area (Å²) in [6.45, 7) is 3.57. The van der Waals surface area contributed by atoms with E-state index in [9.17, 15) is 9.59 Å². The highest BCUT2D eigenvalue weighted by molar-refractivity contribution is 6.30. The van der Waals surface area contributed by atoms with E-state index in [1.807, 2.05) is 0 Å². The van der Waals surface area contributed by atoms with Crippen molar-refractivity contribution in [3.8, 4) is 5.75 Å². The summed E-state index contributed by atoms with van der Waals surface area (Å²) in [5, 5.41) is 3.42. The molecule has 3 amide bonds. The molecule has 0 radical (unpaired) electrons. The molecule has 1 atom stereocenters. The number of halogens is 1. The molecule has 1 saturated heterocycles. The van der Waals surface area contributed by atoms with Gasteiger partial charge in [-0.3, -0.25) is 4.79 Å². The van der Waals surface area contributed by atoms with Crippen molar-refractivity contribution >= 4 is 23.5 Å². The smallest absolute Gasteiger partial charge is 0.320 e. The molecule has 1 aromatic carbocycles. The first-order chi connectivity index (χ1) is 12.5. The van der Waals surface area contributed by atoms with Crippen LogP contribution in [0.3, 0.4) is 0 Å². The summed E-state index contributed by atoms with van der Waals surface area (Å²) in [5.41, 5.74) is 0. The molecule has 2 heterocycles. The second-order valence-corrected chi connectivity index (χ2v) is 6.36. The largest absolute Gasteiger partial charge is 0.471 e. The van der Waals surface area contributed by atoms with Gasteiger partial charge in [0.25, 0.3) is 5.91 Å². The van der Waals surface area contributed by atoms with Crippen LogP contribution in [-0.2, 0) is 0 Å². The zero-order valence-electron chi connectivity index (χ0n) is 14.4. The summed E-state index contributed by atoms with van der Waals surface area (Å²) in [5.74, 6) is 0.776. The van der Waals surface area contributed by atoms with Gasteiger partial charge in [-0.2, -0.15) is 0 Å². The Hall–Kier alpha value is -2.67. The Labute approximate surface area is 156 Å². The van der Waals surface area contributed by atoms with Crippen LogP contribution in [0, 0.1) is 0 Å². The average Bonchev–Trinajstić information content (AvgIpc) is 3.18. The third kappa shape index (κ3) is 4.49. The molecule has 8 heteroatoms. The molecule has 1 N–H and O–H groups in total. The van der Waals surface area contributed by atoms with Crippen LogP contribution < -0.4 is 10.1 Å². The molecule has 26 heavy (non-hydrogen) atoms. The van der Waals surface area contributed by atoms with E-state index in [1.54, 1.807) is 53.1 Å². The molecule has 1 aliphatic heterocycles. The molecule has 1 aromatic heterocycles. The molecule has 7 nitrogen and oxygen atoms in total. The molecule has 3 rings (SSSR count). The SMILES string of the molecule is CC(NC(=O)N1CCN(C(=O)c2ccco2)CC1)Oc1ccc(Cl)cc1. The summed E-state index contributed by atoms with van der Waals surface area (Å²) in [4.78, 5) is 27.9. The molecule has 0 spiro atoms. The van der Waals surface area contributed by atoms with Crippen LogP contribution in [0.25, 0.3) is 0 Å². The topological polar surface area (TPSA) is 75.0 Å². The minimum absolute atomic E-state index is 0.158. The number of hydrogen-bond donors (Lipinski definition) is 1. The standard InChI is InChI=1S/C18H20ClN3O4/c1-13(26-15-6-4-14(19)5-7-15)20-18(24)22-10-8-21(9-11-22)17(23)16-3-2-12-25-16/h2-7,12-13H,8-11H2,1H3,(H,20,24). The number of rotatable bonds is 4. The molecule has 0 saturated carbocycles. The van der Waals surface area contributed by atoms with Gasteiger partial charge in [0.1, 0.15) is 5.75 Å². The number of furan rings is 1. The third-order valence-corrected chi connectivity index (χ3v) is 4.29. The van der Waals surface area contributed by atoms with Crippen LogP contribution in [0.5, 0.6) is 5.75 Å². The van der Waals surface area contributed by atoms with Gasteiger partial charge in [0.15, 0.2) is 12.0 Å². The van der Waals surface area contributed by atoms with Crippen molar-refractivity contribution in [2.75, 3.05) is 26.2 Å². The molecule has 2 aromatic rings. The molecular weight excluding hydrogens is 358 g/mol. The third-order valence-electron chi connectivity index (χ3n) is 4.04. The number of piperazine rings is 1. The lowest BCUT2D eigenvalue weighted by atomic mass is 10.3. The summed E-state index contributed by atoms with van der Waals surface area (Å²) < 4.78 is 10.8. The second kappa shape index (κ2) is 8.14. The van der Waals surface area contributed by atoms with Gasteiger partial charge in [0.05, 0.1) is 6.26 Å². The zero-order valence-corrected chi connectivity index (χ0v) is 15.1. The number of benzene rings is 1. The summed E-state index contributed by atoms with van der Waals surface area (Å²) in [7, 11) is 0. The van der Waals surface area contributed by atoms with Crippen molar-refractivity contribution in [2.45, 2.75) is 13.2 Å². The number of carbonyl (C=O) groups excluding carboxylic acids is 2. The summed E-state index contributed by atoms with van der Waals surface area (Å²) in [6.07, 6.45) is 0.977. The first kappa shape index (κ1) is 18.1. The maximum absolute atomic E-state index is 12.3. The van der Waals surface area contributed by atoms with Crippen molar-refractivity contribution < 1.29 is 18.7 Å². The number of carbonyl (C=O) groups is 2. The first-order valence-electron chi connectivity index (χ1n) is 8.33. The normalized spacial score (nSPS) is 15.5. The fourth-order valence-corrected chi connectivity index (χ4v) is 2.81. The van der Waals surface area contributed by atoms with E-state index in [-0.39, 0.29) is 11.9 Å². The molecular formula is C18H20ClN3O4. The molecule has 1 aliphatic rings. The number of amides is 3. The molecule has 1 fully saturated rings. The number of nitrogens with zero attached hydrogens (tertiary/aromatic N) is 2. The van der Waals surface area contributed by atoms with Crippen LogP contribution in [0.15, 0.2) is 47.1 Å². The van der Waals surface area contributed by atoms with Gasteiger partial charge in [0.2, 0.25) is 0 Å². The second-order valence-electron chi connectivity index (χ2n) is 5.92. The summed E-state index contributed by atoms with van der Waals surface area (Å²) in [6, 6.07) is 10.0. The molecule has 1 unspecified atom stereocenters. The molecule has 0 aliphatic carbocycles. The quantitative estimate of drug-likeness (QED) is 0.831. The van der Waals surface area contributed by atoms with E-state index in [2.05, 4.69) is 5.32 Å². The average molecular weight is 378 g/mol. The maximum Gasteiger partial charge on any atom is 0.320 e. The minimum Gasteiger partial charge on any atom is -0.471 e. The van der Waals surface area contributed by atoms with Crippen molar-refractivity contribution in [1.29, 1.82) is 0 Å². The van der Waals surface area contributed by atoms with E-state index < -0.39 is 6.23 Å². The van der Waals surface area contributed by atoms with Crippen molar-refractivity contribution in [3.05, 3.63) is 53.4 Å². The Kier molecular flexibility index (Phi) is 5.68. The number of urea groups is 1. The highest BCUT2D eigenvalue weighted by Crippen LogP contribution is 2.16. The number of hydrogen-bond acceptors (Lipinski definition) is 4. The van der Waals surface area contributed by atoms with Gasteiger partial charge in [-0.05, 0) is 43.3 Å². The van der Waals surface area contributed by atoms with Crippen molar-refractivity contribution in [3.63, 3.8) is 0 Å². The van der Waals surface area contributed by atoms with E-state index in [0.29, 0.717) is 42.7 Å². The van der Waals surface area contributed by atoms with Crippen molar-refractivity contribution in [1.82, 2.24) is 15.1 Å². The van der Waals surface area contributed by atoms with E-state index in [0.717, 1.165) is 0 Å². The van der Waals surface area contributed by atoms with E-state index >= 15 is 0 Å². The Bertz CT molecular complexity index is 740. The van der Waals surface area contributed by atoms with Gasteiger partial charge in [-0.1, -0.05) is 11.6 Å². The fraction of sp³-hybridized carbons (Fsp3) is 0.333. The molecule has 0 bridgehead atoms. The lowest BCUT2D eigenvalue weighted by molar-refractivity contribution is 0.0624. The first-order valence-corrected chi connectivity index (χ1v) is 8.71. The lowest BCUT2D eigenvalue weighted by Gasteiger charge is -2.34. The van der Waals surface area contributed by atoms with Gasteiger partial charge in [0, 0.05) is 31.2 Å². The van der Waals surface area contributed by atoms with Crippen LogP contribution in [-0.4, -0.2) is 54.1 Å². The van der Waals surface area contributed by atoms with Crippen LogP contribution in [0.1, 0.15) is 17.5 Å². The predicted octanol–water partition coefficient (Wildman–Crippen LogP) is 2.83. The zero-order chi connectivity index (χ0) is 18.5. The number of nitrogens with one attached hydrogen (secondary N) is 1. The van der Waals surface area contributed by atoms with Gasteiger partial charge in [-0.15, -0.1) is 0 Å². The van der Waals surface area contributed by atoms with Crippen LogP contribution in [0.2, 0.25) is 5.02 Å². The van der Waals surface area contributed by atoms with Gasteiger partial charge < -0.3 is 24.3 Å². The monoisotopic (exact) mass is 377 g/mol. The minimum atomic E-state index is -0.494. The van der Waals surface area contributed by atoms with E-state index in [4.69, 9.17) is 20.8 Å². The molecule has 138 valence electrons. The Morgan fingerprint density at radius 2 is 1.77 bits per heavy atom. The Balaban J connectivity index is 1.46. The highest BCUT2D eigenvalue weighted by atomic mass is 35.5. The maximum atomic E-state index is 12.3. The highest BCUT2D eigenvalue weighted by Gasteiger charge is 2.26. The van der Waals surface area contributed by atoms with Crippen LogP contribution in [0.4, 0.5) is 4.79 Å². The van der Waals surface area contributed by atoms with Crippen molar-refractivity contribution in [2.24, 2.45) is 0 Å². The fourth-order valence-electron chi connectivity index (χ4n) is 2.68. The number of ether oxygens (including phenoxy) is 1. The Morgan fingerprint density at radius 1 is 1.12 bits per heavy atom. The predicted molar refractivity (Wildman–Crippen MR) is 96.3 cm³/mol. The summed E-state index contributed by atoms with van der Waals surface area (Å²) >= 11 is 5.83. The Morgan fingerprint density at radius 3 is 2.38 bits per heavy atom. The van der Waals surface area contributed by atoms with Gasteiger partial charge in [-0.25, -0.2) is 4.79 Å².